The molecule has 0 amide bonds. The summed E-state index contributed by atoms with van der Waals surface area (Å²) in [5, 5.41) is 0. The highest BCUT2D eigenvalue weighted by Gasteiger charge is 2.22. The first-order valence-electron chi connectivity index (χ1n) is 6.37. The fourth-order valence-corrected chi connectivity index (χ4v) is 2.57. The first-order valence-corrected chi connectivity index (χ1v) is 6.37. The molecule has 0 aromatic carbocycles. The van der Waals surface area contributed by atoms with Gasteiger partial charge in [-0.25, -0.2) is 4.98 Å². The van der Waals surface area contributed by atoms with Crippen molar-refractivity contribution in [3.05, 3.63) is 42.5 Å². The number of nitrogens with zero attached hydrogens (tertiary/aromatic N) is 4. The Morgan fingerprint density at radius 2 is 2.28 bits per heavy atom. The van der Waals surface area contributed by atoms with E-state index in [2.05, 4.69) is 24.8 Å². The van der Waals surface area contributed by atoms with E-state index in [0.29, 0.717) is 5.92 Å². The number of hydrogen-bond donors (Lipinski definition) is 1. The predicted octanol–water partition coefficient (Wildman–Crippen LogP) is 1.58. The smallest absolute Gasteiger partial charge is 0.0922 e. The van der Waals surface area contributed by atoms with Crippen molar-refractivity contribution < 1.29 is 0 Å². The van der Waals surface area contributed by atoms with Crippen LogP contribution in [0.3, 0.4) is 0 Å². The summed E-state index contributed by atoms with van der Waals surface area (Å²) >= 11 is 0. The first kappa shape index (κ1) is 11.3. The van der Waals surface area contributed by atoms with Gasteiger partial charge in [-0.3, -0.25) is 14.9 Å². The molecule has 2 aromatic heterocycles. The van der Waals surface area contributed by atoms with Crippen LogP contribution in [0.1, 0.15) is 30.1 Å². The van der Waals surface area contributed by atoms with Crippen molar-refractivity contribution in [2.45, 2.75) is 25.3 Å². The number of H-pyrrole nitrogens is 1. The lowest BCUT2D eigenvalue weighted by Crippen LogP contribution is -2.34. The van der Waals surface area contributed by atoms with Gasteiger partial charge in [-0.2, -0.15) is 0 Å². The maximum Gasteiger partial charge on any atom is 0.0922 e. The van der Waals surface area contributed by atoms with E-state index in [0.717, 1.165) is 25.3 Å². The van der Waals surface area contributed by atoms with Crippen LogP contribution in [-0.2, 0) is 6.54 Å². The second-order valence-corrected chi connectivity index (χ2v) is 4.78. The minimum atomic E-state index is 0.510. The Labute approximate surface area is 106 Å². The van der Waals surface area contributed by atoms with Crippen LogP contribution in [0.25, 0.3) is 0 Å². The van der Waals surface area contributed by atoms with Gasteiger partial charge in [-0.1, -0.05) is 0 Å². The number of aromatic amines is 1. The number of likely N-dealkylation sites (tertiary alicyclic amines) is 1. The van der Waals surface area contributed by atoms with Gasteiger partial charge in [-0.05, 0) is 19.4 Å². The second-order valence-electron chi connectivity index (χ2n) is 4.78. The number of aromatic nitrogens is 4. The Morgan fingerprint density at radius 3 is 3.06 bits per heavy atom. The van der Waals surface area contributed by atoms with E-state index < -0.39 is 0 Å². The minimum absolute atomic E-state index is 0.510. The zero-order valence-corrected chi connectivity index (χ0v) is 10.3. The van der Waals surface area contributed by atoms with Crippen molar-refractivity contribution in [2.24, 2.45) is 0 Å². The maximum absolute atomic E-state index is 4.42. The van der Waals surface area contributed by atoms with Crippen molar-refractivity contribution in [2.75, 3.05) is 13.1 Å². The van der Waals surface area contributed by atoms with Crippen LogP contribution < -0.4 is 0 Å². The third kappa shape index (κ3) is 2.56. The Balaban J connectivity index is 1.65. The first-order chi connectivity index (χ1) is 8.92. The summed E-state index contributed by atoms with van der Waals surface area (Å²) in [5.41, 5.74) is 2.29. The Morgan fingerprint density at radius 1 is 1.28 bits per heavy atom. The molecule has 0 saturated carbocycles. The molecule has 1 N–H and O–H groups in total. The fourth-order valence-electron chi connectivity index (χ4n) is 2.57. The van der Waals surface area contributed by atoms with E-state index in [4.69, 9.17) is 0 Å². The summed E-state index contributed by atoms with van der Waals surface area (Å²) in [6.45, 7) is 3.14. The monoisotopic (exact) mass is 243 g/mol. The molecule has 1 aliphatic rings. The average Bonchev–Trinajstić information content (AvgIpc) is 2.93. The van der Waals surface area contributed by atoms with E-state index in [1.807, 2.05) is 12.4 Å². The maximum atomic E-state index is 4.42. The van der Waals surface area contributed by atoms with Gasteiger partial charge >= 0.3 is 0 Å². The van der Waals surface area contributed by atoms with Gasteiger partial charge in [0.25, 0.3) is 0 Å². The quantitative estimate of drug-likeness (QED) is 0.889. The van der Waals surface area contributed by atoms with Crippen LogP contribution in [-0.4, -0.2) is 37.9 Å². The van der Waals surface area contributed by atoms with Crippen LogP contribution >= 0.6 is 0 Å². The molecule has 0 bridgehead atoms. The van der Waals surface area contributed by atoms with E-state index in [-0.39, 0.29) is 0 Å². The number of rotatable bonds is 3. The molecular formula is C13H17N5. The van der Waals surface area contributed by atoms with Gasteiger partial charge < -0.3 is 4.98 Å². The molecule has 3 rings (SSSR count). The van der Waals surface area contributed by atoms with E-state index in [9.17, 15) is 0 Å². The van der Waals surface area contributed by atoms with Crippen molar-refractivity contribution in [1.29, 1.82) is 0 Å². The summed E-state index contributed by atoms with van der Waals surface area (Å²) in [6, 6.07) is 0. The Kier molecular flexibility index (Phi) is 3.32. The highest BCUT2D eigenvalue weighted by molar-refractivity contribution is 5.06. The van der Waals surface area contributed by atoms with Crippen molar-refractivity contribution in [3.63, 3.8) is 0 Å². The molecule has 2 aromatic rings. The molecule has 1 atom stereocenters. The fraction of sp³-hybridized carbons (Fsp3) is 0.462. The third-order valence-electron chi connectivity index (χ3n) is 3.46. The largest absolute Gasteiger partial charge is 0.347 e. The van der Waals surface area contributed by atoms with Crippen LogP contribution in [0.2, 0.25) is 0 Å². The summed E-state index contributed by atoms with van der Waals surface area (Å²) in [5.74, 6) is 0.510. The molecule has 0 radical (unpaired) electrons. The van der Waals surface area contributed by atoms with Crippen LogP contribution in [0.4, 0.5) is 0 Å². The topological polar surface area (TPSA) is 57.7 Å². The molecule has 5 nitrogen and oxygen atoms in total. The molecule has 94 valence electrons. The molecule has 1 aliphatic heterocycles. The Bertz CT molecular complexity index is 467. The Hall–Kier alpha value is -1.75. The van der Waals surface area contributed by atoms with Crippen molar-refractivity contribution in [3.8, 4) is 0 Å². The molecule has 0 aliphatic carbocycles. The molecular weight excluding hydrogens is 226 g/mol. The second kappa shape index (κ2) is 5.27. The normalized spacial score (nSPS) is 21.0. The van der Waals surface area contributed by atoms with Crippen molar-refractivity contribution in [1.82, 2.24) is 24.8 Å². The SMILES string of the molecule is c1cnc([C@H]2CCCN(Cc3cnc[nH]3)C2)cn1. The molecule has 0 spiro atoms. The number of imidazole rings is 1. The molecule has 18 heavy (non-hydrogen) atoms. The van der Waals surface area contributed by atoms with Gasteiger partial charge in [-0.15, -0.1) is 0 Å². The number of nitrogens with one attached hydrogen (secondary N) is 1. The van der Waals surface area contributed by atoms with E-state index >= 15 is 0 Å². The standard InChI is InChI=1S/C13H17N5/c1-2-11(13-7-14-3-4-16-13)8-18(5-1)9-12-6-15-10-17-12/h3-4,6-7,10-11H,1-2,5,8-9H2,(H,15,17)/t11-/m0/s1. The predicted molar refractivity (Wildman–Crippen MR) is 67.9 cm³/mol. The zero-order valence-electron chi connectivity index (χ0n) is 10.3. The van der Waals surface area contributed by atoms with Crippen molar-refractivity contribution >= 4 is 0 Å². The summed E-state index contributed by atoms with van der Waals surface area (Å²) in [4.78, 5) is 18.3. The molecule has 0 unspecified atom stereocenters. The molecule has 1 fully saturated rings. The third-order valence-corrected chi connectivity index (χ3v) is 3.46. The van der Waals surface area contributed by atoms with Crippen LogP contribution in [0.15, 0.2) is 31.1 Å². The van der Waals surface area contributed by atoms with Gasteiger partial charge in [0, 0.05) is 49.5 Å². The average molecular weight is 243 g/mol. The zero-order chi connectivity index (χ0) is 12.2. The number of piperidine rings is 1. The molecule has 3 heterocycles. The van der Waals surface area contributed by atoms with Crippen LogP contribution in [0.5, 0.6) is 0 Å². The lowest BCUT2D eigenvalue weighted by molar-refractivity contribution is 0.196. The summed E-state index contributed by atoms with van der Waals surface area (Å²) in [7, 11) is 0. The lowest BCUT2D eigenvalue weighted by Gasteiger charge is -2.31. The van der Waals surface area contributed by atoms with Gasteiger partial charge in [0.05, 0.1) is 12.0 Å². The van der Waals surface area contributed by atoms with Gasteiger partial charge in [0.15, 0.2) is 0 Å². The number of hydrogen-bond acceptors (Lipinski definition) is 4. The van der Waals surface area contributed by atoms with Crippen LogP contribution in [0, 0.1) is 0 Å². The lowest BCUT2D eigenvalue weighted by atomic mass is 9.95. The minimum Gasteiger partial charge on any atom is -0.347 e. The van der Waals surface area contributed by atoms with Gasteiger partial charge in [0.2, 0.25) is 0 Å². The highest BCUT2D eigenvalue weighted by Crippen LogP contribution is 2.25. The van der Waals surface area contributed by atoms with E-state index in [1.54, 1.807) is 18.7 Å². The summed E-state index contributed by atoms with van der Waals surface area (Å²) < 4.78 is 0. The summed E-state index contributed by atoms with van der Waals surface area (Å²) in [6.07, 6.45) is 11.5. The molecule has 5 heteroatoms. The van der Waals surface area contributed by atoms with Gasteiger partial charge in [0.1, 0.15) is 0 Å². The highest BCUT2D eigenvalue weighted by atomic mass is 15.1. The molecule has 1 saturated heterocycles. The van der Waals surface area contributed by atoms with E-state index in [1.165, 1.54) is 18.5 Å².